The SMILES string of the molecule is C[C@@H](CNC(=O)C(F)(F)F)Oc1cccc(C2(O)CCCCC2)c1. The predicted octanol–water partition coefficient (Wildman–Crippen LogP) is 3.28. The fraction of sp³-hybridized carbons (Fsp3) is 0.588. The van der Waals surface area contributed by atoms with Gasteiger partial charge in [0.05, 0.1) is 12.1 Å². The minimum absolute atomic E-state index is 0.257. The van der Waals surface area contributed by atoms with Crippen molar-refractivity contribution in [1.29, 1.82) is 0 Å². The summed E-state index contributed by atoms with van der Waals surface area (Å²) in [6, 6.07) is 6.97. The van der Waals surface area contributed by atoms with Crippen molar-refractivity contribution in [3.63, 3.8) is 0 Å². The summed E-state index contributed by atoms with van der Waals surface area (Å²) in [5, 5.41) is 12.5. The number of aliphatic hydroxyl groups is 1. The maximum Gasteiger partial charge on any atom is 0.471 e. The Morgan fingerprint density at radius 3 is 2.62 bits per heavy atom. The highest BCUT2D eigenvalue weighted by molar-refractivity contribution is 5.81. The summed E-state index contributed by atoms with van der Waals surface area (Å²) in [5.41, 5.74) is -0.114. The van der Waals surface area contributed by atoms with Crippen LogP contribution >= 0.6 is 0 Å². The highest BCUT2D eigenvalue weighted by Gasteiger charge is 2.38. The van der Waals surface area contributed by atoms with Crippen molar-refractivity contribution >= 4 is 5.91 Å². The van der Waals surface area contributed by atoms with Crippen LogP contribution in [0.15, 0.2) is 24.3 Å². The second-order valence-electron chi connectivity index (χ2n) is 6.26. The monoisotopic (exact) mass is 345 g/mol. The summed E-state index contributed by atoms with van der Waals surface area (Å²) in [6.07, 6.45) is -1.13. The molecule has 1 saturated carbocycles. The number of carbonyl (C=O) groups is 1. The Morgan fingerprint density at radius 1 is 1.33 bits per heavy atom. The summed E-state index contributed by atoms with van der Waals surface area (Å²) in [4.78, 5) is 10.8. The van der Waals surface area contributed by atoms with Gasteiger partial charge in [-0.1, -0.05) is 31.4 Å². The first-order chi connectivity index (χ1) is 11.2. The zero-order valence-electron chi connectivity index (χ0n) is 13.5. The van der Waals surface area contributed by atoms with Gasteiger partial charge in [0.15, 0.2) is 0 Å². The predicted molar refractivity (Wildman–Crippen MR) is 82.6 cm³/mol. The van der Waals surface area contributed by atoms with Gasteiger partial charge in [0.25, 0.3) is 0 Å². The minimum atomic E-state index is -4.90. The molecule has 1 amide bonds. The smallest absolute Gasteiger partial charge is 0.471 e. The first-order valence-electron chi connectivity index (χ1n) is 8.05. The van der Waals surface area contributed by atoms with E-state index in [9.17, 15) is 23.1 Å². The fourth-order valence-electron chi connectivity index (χ4n) is 2.89. The Labute approximate surface area is 139 Å². The number of hydrogen-bond acceptors (Lipinski definition) is 3. The van der Waals surface area contributed by atoms with Gasteiger partial charge in [-0.05, 0) is 37.5 Å². The molecule has 1 aliphatic rings. The molecule has 134 valence electrons. The van der Waals surface area contributed by atoms with E-state index in [4.69, 9.17) is 4.74 Å². The first-order valence-corrected chi connectivity index (χ1v) is 8.05. The number of halogens is 3. The Bertz CT molecular complexity index is 568. The van der Waals surface area contributed by atoms with E-state index in [0.717, 1.165) is 24.8 Å². The summed E-state index contributed by atoms with van der Waals surface area (Å²) in [7, 11) is 0. The Balaban J connectivity index is 1.95. The molecule has 0 aromatic heterocycles. The lowest BCUT2D eigenvalue weighted by Gasteiger charge is -2.32. The highest BCUT2D eigenvalue weighted by atomic mass is 19.4. The van der Waals surface area contributed by atoms with E-state index in [1.54, 1.807) is 30.4 Å². The molecular weight excluding hydrogens is 323 g/mol. The standard InChI is InChI=1S/C17H22F3NO3/c1-12(11-21-15(22)17(18,19)20)24-14-7-5-6-13(10-14)16(23)8-3-2-4-9-16/h5-7,10,12,23H,2-4,8-9,11H2,1H3,(H,21,22)/t12-/m0/s1. The summed E-state index contributed by atoms with van der Waals surface area (Å²) in [6.45, 7) is 1.31. The van der Waals surface area contributed by atoms with Crippen LogP contribution in [0, 0.1) is 0 Å². The van der Waals surface area contributed by atoms with Crippen LogP contribution in [-0.4, -0.2) is 29.8 Å². The molecule has 0 unspecified atom stereocenters. The number of hydrogen-bond donors (Lipinski definition) is 2. The number of alkyl halides is 3. The lowest BCUT2D eigenvalue weighted by molar-refractivity contribution is -0.173. The van der Waals surface area contributed by atoms with Crippen molar-refractivity contribution in [1.82, 2.24) is 5.32 Å². The van der Waals surface area contributed by atoms with Crippen LogP contribution in [0.5, 0.6) is 5.75 Å². The van der Waals surface area contributed by atoms with Crippen LogP contribution in [0.1, 0.15) is 44.6 Å². The summed E-state index contributed by atoms with van der Waals surface area (Å²) < 4.78 is 42.0. The van der Waals surface area contributed by atoms with Crippen molar-refractivity contribution in [2.75, 3.05) is 6.54 Å². The van der Waals surface area contributed by atoms with Crippen LogP contribution < -0.4 is 10.1 Å². The second-order valence-corrected chi connectivity index (χ2v) is 6.26. The third-order valence-electron chi connectivity index (χ3n) is 4.20. The molecule has 0 spiro atoms. The molecule has 1 aromatic carbocycles. The van der Waals surface area contributed by atoms with Crippen molar-refractivity contribution < 1.29 is 27.8 Å². The van der Waals surface area contributed by atoms with Crippen LogP contribution in [0.4, 0.5) is 13.2 Å². The van der Waals surface area contributed by atoms with Gasteiger partial charge in [-0.25, -0.2) is 0 Å². The summed E-state index contributed by atoms with van der Waals surface area (Å²) >= 11 is 0. The van der Waals surface area contributed by atoms with Gasteiger partial charge in [0.1, 0.15) is 11.9 Å². The largest absolute Gasteiger partial charge is 0.489 e. The quantitative estimate of drug-likeness (QED) is 0.861. The Hall–Kier alpha value is -1.76. The lowest BCUT2D eigenvalue weighted by Crippen LogP contribution is -2.41. The third kappa shape index (κ3) is 4.87. The molecule has 4 nitrogen and oxygen atoms in total. The zero-order chi connectivity index (χ0) is 17.8. The number of nitrogens with one attached hydrogen (secondary N) is 1. The molecular formula is C17H22F3NO3. The van der Waals surface area contributed by atoms with Gasteiger partial charge in [-0.2, -0.15) is 13.2 Å². The topological polar surface area (TPSA) is 58.6 Å². The van der Waals surface area contributed by atoms with Crippen molar-refractivity contribution in [2.45, 2.75) is 56.9 Å². The molecule has 0 bridgehead atoms. The minimum Gasteiger partial charge on any atom is -0.489 e. The molecule has 24 heavy (non-hydrogen) atoms. The van der Waals surface area contributed by atoms with Crippen molar-refractivity contribution in [2.24, 2.45) is 0 Å². The molecule has 0 heterocycles. The summed E-state index contributed by atoms with van der Waals surface area (Å²) in [5.74, 6) is -1.52. The molecule has 1 atom stereocenters. The average Bonchev–Trinajstić information content (AvgIpc) is 2.52. The van der Waals surface area contributed by atoms with Crippen LogP contribution in [0.25, 0.3) is 0 Å². The normalized spacial score (nSPS) is 18.7. The maximum atomic E-state index is 12.1. The highest BCUT2D eigenvalue weighted by Crippen LogP contribution is 2.38. The van der Waals surface area contributed by atoms with E-state index in [1.165, 1.54) is 0 Å². The molecule has 1 aliphatic carbocycles. The molecule has 2 rings (SSSR count). The molecule has 0 saturated heterocycles. The molecule has 7 heteroatoms. The van der Waals surface area contributed by atoms with Gasteiger partial charge in [0, 0.05) is 0 Å². The molecule has 1 fully saturated rings. The number of amides is 1. The van der Waals surface area contributed by atoms with Crippen LogP contribution in [0.3, 0.4) is 0 Å². The molecule has 2 N–H and O–H groups in total. The molecule has 1 aromatic rings. The maximum absolute atomic E-state index is 12.1. The number of carbonyl (C=O) groups excluding carboxylic acids is 1. The van der Waals surface area contributed by atoms with Crippen molar-refractivity contribution in [3.05, 3.63) is 29.8 Å². The Morgan fingerprint density at radius 2 is 2.00 bits per heavy atom. The van der Waals surface area contributed by atoms with Gasteiger partial charge in [-0.15, -0.1) is 0 Å². The zero-order valence-corrected chi connectivity index (χ0v) is 13.5. The van der Waals surface area contributed by atoms with Crippen molar-refractivity contribution in [3.8, 4) is 5.75 Å². The number of benzene rings is 1. The molecule has 0 radical (unpaired) electrons. The fourth-order valence-corrected chi connectivity index (χ4v) is 2.89. The van der Waals surface area contributed by atoms with E-state index >= 15 is 0 Å². The van der Waals surface area contributed by atoms with Crippen LogP contribution in [0.2, 0.25) is 0 Å². The van der Waals surface area contributed by atoms with Gasteiger partial charge >= 0.3 is 12.1 Å². The van der Waals surface area contributed by atoms with E-state index < -0.39 is 23.8 Å². The molecule has 0 aliphatic heterocycles. The third-order valence-corrected chi connectivity index (χ3v) is 4.20. The lowest BCUT2D eigenvalue weighted by atomic mass is 9.80. The van der Waals surface area contributed by atoms with E-state index in [1.807, 2.05) is 6.07 Å². The van der Waals surface area contributed by atoms with E-state index in [0.29, 0.717) is 18.6 Å². The van der Waals surface area contributed by atoms with E-state index in [2.05, 4.69) is 0 Å². The second kappa shape index (κ2) is 7.42. The van der Waals surface area contributed by atoms with E-state index in [-0.39, 0.29) is 6.54 Å². The Kier molecular flexibility index (Phi) is 5.74. The van der Waals surface area contributed by atoms with Gasteiger partial charge in [-0.3, -0.25) is 4.79 Å². The first kappa shape index (κ1) is 18.6. The number of ether oxygens (including phenoxy) is 1. The van der Waals surface area contributed by atoms with Gasteiger partial charge < -0.3 is 15.2 Å². The number of rotatable bonds is 5. The van der Waals surface area contributed by atoms with Crippen LogP contribution in [-0.2, 0) is 10.4 Å². The average molecular weight is 345 g/mol. The van der Waals surface area contributed by atoms with Gasteiger partial charge in [0.2, 0.25) is 0 Å².